The number of aliphatic imine (C=N–C) groups is 1. The molecule has 1 rings (SSSR count). The van der Waals surface area contributed by atoms with Crippen LogP contribution in [0.4, 0.5) is 0 Å². The molecule has 9 heteroatoms. The first-order chi connectivity index (χ1) is 10.3. The molecule has 1 heterocycles. The Bertz CT molecular complexity index is 421. The van der Waals surface area contributed by atoms with Crippen LogP contribution >= 0.6 is 24.0 Å². The Balaban J connectivity index is 0.00000484. The number of likely N-dealkylation sites (tertiary alicyclic amines) is 1. The number of halogens is 1. The summed E-state index contributed by atoms with van der Waals surface area (Å²) in [6.45, 7) is 1.46. The lowest BCUT2D eigenvalue weighted by Crippen LogP contribution is -2.49. The summed E-state index contributed by atoms with van der Waals surface area (Å²) < 4.78 is 0. The van der Waals surface area contributed by atoms with Crippen molar-refractivity contribution in [3.05, 3.63) is 0 Å². The number of rotatable bonds is 4. The number of carbonyl (C=O) groups is 2. The Morgan fingerprint density at radius 1 is 1.13 bits per heavy atom. The fourth-order valence-corrected chi connectivity index (χ4v) is 1.94. The minimum atomic E-state index is -0.288. The number of aliphatic hydroxyl groups excluding tert-OH is 1. The number of likely N-dealkylation sites (N-methyl/N-ethyl adjacent to an activating group) is 2. The largest absolute Gasteiger partial charge is 0.393 e. The molecule has 8 nitrogen and oxygen atoms in total. The molecule has 0 spiro atoms. The summed E-state index contributed by atoms with van der Waals surface area (Å²) in [6, 6.07) is 0. The SMILES string of the molecule is CN(C)C(=O)CN=C(NCC(=O)N(C)C)N1CCC(O)CC1.I. The van der Waals surface area contributed by atoms with Crippen molar-refractivity contribution in [2.45, 2.75) is 18.9 Å². The highest BCUT2D eigenvalue weighted by Crippen LogP contribution is 2.10. The van der Waals surface area contributed by atoms with Crippen molar-refractivity contribution >= 4 is 41.8 Å². The zero-order chi connectivity index (χ0) is 16.7. The molecule has 1 saturated heterocycles. The van der Waals surface area contributed by atoms with Crippen molar-refractivity contribution in [2.75, 3.05) is 54.4 Å². The first kappa shape index (κ1) is 21.9. The van der Waals surface area contributed by atoms with E-state index in [-0.39, 0.29) is 55.0 Å². The number of hydrogen-bond acceptors (Lipinski definition) is 4. The van der Waals surface area contributed by atoms with Crippen LogP contribution in [0.3, 0.4) is 0 Å². The van der Waals surface area contributed by atoms with Gasteiger partial charge in [0.2, 0.25) is 11.8 Å². The highest BCUT2D eigenvalue weighted by atomic mass is 127. The molecule has 0 aromatic carbocycles. The van der Waals surface area contributed by atoms with Crippen LogP contribution in [-0.2, 0) is 9.59 Å². The highest BCUT2D eigenvalue weighted by molar-refractivity contribution is 14.0. The second-order valence-electron chi connectivity index (χ2n) is 5.79. The normalized spacial score (nSPS) is 15.7. The van der Waals surface area contributed by atoms with E-state index in [1.165, 1.54) is 9.80 Å². The van der Waals surface area contributed by atoms with Gasteiger partial charge in [-0.3, -0.25) is 9.59 Å². The number of carbonyl (C=O) groups excluding carboxylic acids is 2. The molecule has 0 aromatic rings. The molecule has 0 atom stereocenters. The lowest BCUT2D eigenvalue weighted by molar-refractivity contribution is -0.127. The predicted octanol–water partition coefficient (Wildman–Crippen LogP) is -0.817. The topological polar surface area (TPSA) is 88.5 Å². The van der Waals surface area contributed by atoms with Gasteiger partial charge in [-0.05, 0) is 12.8 Å². The number of piperidine rings is 1. The van der Waals surface area contributed by atoms with Crippen LogP contribution in [0.15, 0.2) is 4.99 Å². The molecule has 134 valence electrons. The van der Waals surface area contributed by atoms with Gasteiger partial charge in [-0.1, -0.05) is 0 Å². The molecule has 1 aliphatic heterocycles. The molecule has 0 aromatic heterocycles. The van der Waals surface area contributed by atoms with E-state index in [1.807, 2.05) is 4.90 Å². The first-order valence-corrected chi connectivity index (χ1v) is 7.43. The molecule has 23 heavy (non-hydrogen) atoms. The Hall–Kier alpha value is -1.10. The highest BCUT2D eigenvalue weighted by Gasteiger charge is 2.21. The van der Waals surface area contributed by atoms with Gasteiger partial charge in [-0.25, -0.2) is 4.99 Å². The van der Waals surface area contributed by atoms with Crippen LogP contribution in [0.2, 0.25) is 0 Å². The van der Waals surface area contributed by atoms with Crippen molar-refractivity contribution in [3.8, 4) is 0 Å². The number of hydrogen-bond donors (Lipinski definition) is 2. The van der Waals surface area contributed by atoms with E-state index >= 15 is 0 Å². The van der Waals surface area contributed by atoms with Gasteiger partial charge >= 0.3 is 0 Å². The zero-order valence-corrected chi connectivity index (χ0v) is 16.6. The number of aliphatic hydroxyl groups is 1. The Labute approximate surface area is 154 Å². The number of amides is 2. The van der Waals surface area contributed by atoms with Crippen molar-refractivity contribution < 1.29 is 14.7 Å². The fraction of sp³-hybridized carbons (Fsp3) is 0.786. The standard InChI is InChI=1S/C14H27N5O3.HI/c1-17(2)12(21)9-15-14(16-10-13(22)18(3)4)19-7-5-11(20)6-8-19;/h11,20H,5-10H2,1-4H3,(H,15,16);1H. The van der Waals surface area contributed by atoms with Crippen molar-refractivity contribution in [1.82, 2.24) is 20.0 Å². The van der Waals surface area contributed by atoms with Gasteiger partial charge < -0.3 is 25.1 Å². The zero-order valence-electron chi connectivity index (χ0n) is 14.3. The number of guanidine groups is 1. The number of nitrogens with zero attached hydrogens (tertiary/aromatic N) is 4. The van der Waals surface area contributed by atoms with Crippen LogP contribution in [0.25, 0.3) is 0 Å². The predicted molar refractivity (Wildman–Crippen MR) is 99.9 cm³/mol. The van der Waals surface area contributed by atoms with Gasteiger partial charge in [0.1, 0.15) is 6.54 Å². The first-order valence-electron chi connectivity index (χ1n) is 7.43. The Morgan fingerprint density at radius 2 is 1.65 bits per heavy atom. The van der Waals surface area contributed by atoms with E-state index in [0.717, 1.165) is 0 Å². The molecule has 0 bridgehead atoms. The third-order valence-corrected chi connectivity index (χ3v) is 3.52. The van der Waals surface area contributed by atoms with E-state index < -0.39 is 0 Å². The van der Waals surface area contributed by atoms with Crippen LogP contribution in [0, 0.1) is 0 Å². The number of nitrogens with one attached hydrogen (secondary N) is 1. The maximum atomic E-state index is 11.7. The summed E-state index contributed by atoms with van der Waals surface area (Å²) in [7, 11) is 6.73. The van der Waals surface area contributed by atoms with Gasteiger partial charge in [0.05, 0.1) is 12.6 Å². The van der Waals surface area contributed by atoms with Gasteiger partial charge in [0, 0.05) is 41.3 Å². The van der Waals surface area contributed by atoms with Crippen molar-refractivity contribution in [2.24, 2.45) is 4.99 Å². The second kappa shape index (κ2) is 10.6. The van der Waals surface area contributed by atoms with E-state index in [2.05, 4.69) is 10.3 Å². The maximum absolute atomic E-state index is 11.7. The Kier molecular flexibility index (Phi) is 10.1. The summed E-state index contributed by atoms with van der Waals surface area (Å²) >= 11 is 0. The van der Waals surface area contributed by atoms with E-state index in [4.69, 9.17) is 0 Å². The van der Waals surface area contributed by atoms with Gasteiger partial charge in [-0.2, -0.15) is 0 Å². The van der Waals surface area contributed by atoms with Crippen LogP contribution < -0.4 is 5.32 Å². The molecule has 0 aliphatic carbocycles. The lowest BCUT2D eigenvalue weighted by Gasteiger charge is -2.32. The van der Waals surface area contributed by atoms with Gasteiger partial charge in [-0.15, -0.1) is 24.0 Å². The lowest BCUT2D eigenvalue weighted by atomic mass is 10.1. The van der Waals surface area contributed by atoms with Crippen LogP contribution in [-0.4, -0.2) is 98.1 Å². The molecular weight excluding hydrogens is 413 g/mol. The monoisotopic (exact) mass is 441 g/mol. The molecule has 1 fully saturated rings. The summed E-state index contributed by atoms with van der Waals surface area (Å²) in [5.74, 6) is 0.372. The molecule has 2 N–H and O–H groups in total. The third-order valence-electron chi connectivity index (χ3n) is 3.52. The minimum absolute atomic E-state index is 0. The minimum Gasteiger partial charge on any atom is -0.393 e. The van der Waals surface area contributed by atoms with Gasteiger partial charge in [0.25, 0.3) is 0 Å². The molecule has 0 unspecified atom stereocenters. The fourth-order valence-electron chi connectivity index (χ4n) is 1.94. The average molecular weight is 441 g/mol. The second-order valence-corrected chi connectivity index (χ2v) is 5.79. The summed E-state index contributed by atoms with van der Waals surface area (Å²) in [5, 5.41) is 12.6. The van der Waals surface area contributed by atoms with E-state index in [9.17, 15) is 14.7 Å². The van der Waals surface area contributed by atoms with E-state index in [0.29, 0.717) is 31.9 Å². The molecule has 0 saturated carbocycles. The molecule has 0 radical (unpaired) electrons. The molecule has 1 aliphatic rings. The summed E-state index contributed by atoms with van der Waals surface area (Å²) in [4.78, 5) is 32.6. The third kappa shape index (κ3) is 7.82. The maximum Gasteiger partial charge on any atom is 0.243 e. The molecular formula is C14H28IN5O3. The quantitative estimate of drug-likeness (QED) is 0.338. The van der Waals surface area contributed by atoms with Crippen molar-refractivity contribution in [1.29, 1.82) is 0 Å². The Morgan fingerprint density at radius 3 is 2.13 bits per heavy atom. The smallest absolute Gasteiger partial charge is 0.243 e. The van der Waals surface area contributed by atoms with Crippen molar-refractivity contribution in [3.63, 3.8) is 0 Å². The average Bonchev–Trinajstić information content (AvgIpc) is 2.47. The summed E-state index contributed by atoms with van der Waals surface area (Å²) in [6.07, 6.45) is 1.03. The molecule has 2 amide bonds. The van der Waals surface area contributed by atoms with Crippen LogP contribution in [0.1, 0.15) is 12.8 Å². The van der Waals surface area contributed by atoms with Gasteiger partial charge in [0.15, 0.2) is 5.96 Å². The van der Waals surface area contributed by atoms with Crippen LogP contribution in [0.5, 0.6) is 0 Å². The van der Waals surface area contributed by atoms with E-state index in [1.54, 1.807) is 28.2 Å². The summed E-state index contributed by atoms with van der Waals surface area (Å²) in [5.41, 5.74) is 0.